The van der Waals surface area contributed by atoms with Gasteiger partial charge in [-0.2, -0.15) is 0 Å². The van der Waals surface area contributed by atoms with Crippen LogP contribution < -0.4 is 14.8 Å². The molecule has 0 saturated heterocycles. The highest BCUT2D eigenvalue weighted by atomic mass is 35.5. The zero-order chi connectivity index (χ0) is 23.5. The molecule has 0 radical (unpaired) electrons. The van der Waals surface area contributed by atoms with Crippen LogP contribution in [0.4, 0.5) is 5.69 Å². The number of amides is 1. The van der Waals surface area contributed by atoms with Gasteiger partial charge in [0.25, 0.3) is 5.91 Å². The fraction of sp³-hybridized carbons (Fsp3) is 0.0800. The Labute approximate surface area is 199 Å². The van der Waals surface area contributed by atoms with Crippen molar-refractivity contribution in [2.24, 2.45) is 0 Å². The normalized spacial score (nSPS) is 12.4. The van der Waals surface area contributed by atoms with E-state index in [2.05, 4.69) is 5.32 Å². The molecule has 1 amide bonds. The van der Waals surface area contributed by atoms with Crippen molar-refractivity contribution in [2.45, 2.75) is 0 Å². The average Bonchev–Trinajstić information content (AvgIpc) is 3.05. The molecule has 0 unspecified atom stereocenters. The van der Waals surface area contributed by atoms with E-state index in [0.29, 0.717) is 43.9 Å². The van der Waals surface area contributed by atoms with Crippen molar-refractivity contribution in [1.82, 2.24) is 0 Å². The molecule has 8 heteroatoms. The minimum Gasteiger partial charge on any atom is -0.493 e. The Morgan fingerprint density at radius 3 is 2.27 bits per heavy atom. The minimum absolute atomic E-state index is 0.0890. The van der Waals surface area contributed by atoms with Crippen LogP contribution in [-0.4, -0.2) is 31.2 Å². The first-order valence-corrected chi connectivity index (χ1v) is 10.6. The molecule has 33 heavy (non-hydrogen) atoms. The Bertz CT molecular complexity index is 1280. The average molecular weight is 482 g/mol. The monoisotopic (exact) mass is 481 g/mol. The molecule has 1 aliphatic carbocycles. The van der Waals surface area contributed by atoms with E-state index < -0.39 is 5.91 Å². The fourth-order valence-corrected chi connectivity index (χ4v) is 3.84. The van der Waals surface area contributed by atoms with Crippen LogP contribution in [0.2, 0.25) is 10.0 Å². The van der Waals surface area contributed by atoms with Gasteiger partial charge in [-0.25, -0.2) is 0 Å². The van der Waals surface area contributed by atoms with Crippen molar-refractivity contribution in [1.29, 1.82) is 0 Å². The molecular weight excluding hydrogens is 465 g/mol. The summed E-state index contributed by atoms with van der Waals surface area (Å²) < 4.78 is 10.9. The molecule has 0 fully saturated rings. The van der Waals surface area contributed by atoms with Gasteiger partial charge in [0, 0.05) is 16.1 Å². The molecule has 6 nitrogen and oxygen atoms in total. The summed E-state index contributed by atoms with van der Waals surface area (Å²) >= 11 is 11.9. The van der Waals surface area contributed by atoms with Gasteiger partial charge in [0.1, 0.15) is 0 Å². The molecule has 1 N–H and O–H groups in total. The number of fused-ring (bicyclic) bond motifs is 1. The van der Waals surface area contributed by atoms with Crippen LogP contribution in [0.1, 0.15) is 26.3 Å². The summed E-state index contributed by atoms with van der Waals surface area (Å²) in [4.78, 5) is 37.4. The summed E-state index contributed by atoms with van der Waals surface area (Å²) in [5, 5.41) is 3.41. The van der Waals surface area contributed by atoms with Gasteiger partial charge < -0.3 is 14.8 Å². The summed E-state index contributed by atoms with van der Waals surface area (Å²) in [5.74, 6) is -0.381. The predicted molar refractivity (Wildman–Crippen MR) is 127 cm³/mol. The second-order valence-corrected chi connectivity index (χ2v) is 7.98. The lowest BCUT2D eigenvalue weighted by Crippen LogP contribution is -2.20. The zero-order valence-corrected chi connectivity index (χ0v) is 18.9. The standard InChI is InChI=1S/C25H17Cl2NO5/c1-32-22-11-14(10-18-24(30)16-4-2-3-5-17(16)25(18)31)6-9-21(22)33-13-23(29)28-20-8-7-15(26)12-19(20)27/h2-12H,13H2,1H3,(H,28,29). The largest absolute Gasteiger partial charge is 0.493 e. The van der Waals surface area contributed by atoms with Crippen molar-refractivity contribution in [3.8, 4) is 11.5 Å². The lowest BCUT2D eigenvalue weighted by molar-refractivity contribution is -0.118. The first-order valence-electron chi connectivity index (χ1n) is 9.83. The maximum Gasteiger partial charge on any atom is 0.262 e. The van der Waals surface area contributed by atoms with Gasteiger partial charge in [-0.1, -0.05) is 53.5 Å². The maximum atomic E-state index is 12.6. The Kier molecular flexibility index (Phi) is 6.49. The highest BCUT2D eigenvalue weighted by Gasteiger charge is 2.32. The number of carbonyl (C=O) groups excluding carboxylic acids is 3. The smallest absolute Gasteiger partial charge is 0.262 e. The van der Waals surface area contributed by atoms with E-state index in [1.807, 2.05) is 0 Å². The molecule has 166 valence electrons. The van der Waals surface area contributed by atoms with Crippen LogP contribution in [0.5, 0.6) is 11.5 Å². The molecule has 1 aliphatic rings. The van der Waals surface area contributed by atoms with Crippen molar-refractivity contribution in [3.05, 3.63) is 93.0 Å². The maximum absolute atomic E-state index is 12.6. The van der Waals surface area contributed by atoms with Gasteiger partial charge in [0.15, 0.2) is 29.7 Å². The van der Waals surface area contributed by atoms with Gasteiger partial charge in [-0.05, 0) is 42.0 Å². The summed E-state index contributed by atoms with van der Waals surface area (Å²) in [6.07, 6.45) is 1.52. The SMILES string of the molecule is COc1cc(C=C2C(=O)c3ccccc3C2=O)ccc1OCC(=O)Nc1ccc(Cl)cc1Cl. The molecular formula is C25H17Cl2NO5. The van der Waals surface area contributed by atoms with E-state index in [0.717, 1.165) is 0 Å². The zero-order valence-electron chi connectivity index (χ0n) is 17.4. The van der Waals surface area contributed by atoms with E-state index in [-0.39, 0.29) is 23.7 Å². The molecule has 0 aliphatic heterocycles. The Morgan fingerprint density at radius 2 is 1.64 bits per heavy atom. The number of anilines is 1. The van der Waals surface area contributed by atoms with Crippen LogP contribution in [0.25, 0.3) is 6.08 Å². The van der Waals surface area contributed by atoms with E-state index in [9.17, 15) is 14.4 Å². The number of hydrogen-bond acceptors (Lipinski definition) is 5. The van der Waals surface area contributed by atoms with Gasteiger partial charge >= 0.3 is 0 Å². The molecule has 0 atom stereocenters. The number of Topliss-reactive ketones (excluding diaryl/α,β-unsaturated/α-hetero) is 2. The number of ketones is 2. The highest BCUT2D eigenvalue weighted by Crippen LogP contribution is 2.32. The van der Waals surface area contributed by atoms with Crippen LogP contribution in [0.15, 0.2) is 66.2 Å². The molecule has 3 aromatic rings. The molecule has 3 aromatic carbocycles. The number of carbonyl (C=O) groups is 3. The van der Waals surface area contributed by atoms with Crippen molar-refractivity contribution < 1.29 is 23.9 Å². The van der Waals surface area contributed by atoms with Gasteiger partial charge in [-0.3, -0.25) is 14.4 Å². The number of rotatable bonds is 6. The van der Waals surface area contributed by atoms with Gasteiger partial charge in [-0.15, -0.1) is 0 Å². The third-order valence-corrected chi connectivity index (χ3v) is 5.52. The van der Waals surface area contributed by atoms with Gasteiger partial charge in [0.2, 0.25) is 0 Å². The molecule has 0 bridgehead atoms. The number of ether oxygens (including phenoxy) is 2. The fourth-order valence-electron chi connectivity index (χ4n) is 3.38. The Hall–Kier alpha value is -3.61. The number of halogens is 2. The molecule has 0 saturated carbocycles. The van der Waals surface area contributed by atoms with E-state index >= 15 is 0 Å². The first kappa shape index (κ1) is 22.6. The second kappa shape index (κ2) is 9.48. The highest BCUT2D eigenvalue weighted by molar-refractivity contribution is 6.41. The number of hydrogen-bond donors (Lipinski definition) is 1. The number of allylic oxidation sites excluding steroid dienone is 1. The Balaban J connectivity index is 1.47. The third-order valence-electron chi connectivity index (χ3n) is 4.97. The van der Waals surface area contributed by atoms with Crippen LogP contribution in [0, 0.1) is 0 Å². The molecule has 0 spiro atoms. The third kappa shape index (κ3) is 4.77. The molecule has 0 heterocycles. The van der Waals surface area contributed by atoms with Crippen molar-refractivity contribution in [3.63, 3.8) is 0 Å². The Morgan fingerprint density at radius 1 is 0.939 bits per heavy atom. The molecule has 0 aromatic heterocycles. The lowest BCUT2D eigenvalue weighted by atomic mass is 10.1. The quantitative estimate of drug-likeness (QED) is 0.372. The first-order chi connectivity index (χ1) is 15.9. The van der Waals surface area contributed by atoms with Crippen LogP contribution in [-0.2, 0) is 4.79 Å². The summed E-state index contributed by atoms with van der Waals surface area (Å²) in [6, 6.07) is 16.3. The van der Waals surface area contributed by atoms with Gasteiger partial charge in [0.05, 0.1) is 23.4 Å². The predicted octanol–water partition coefficient (Wildman–Crippen LogP) is 5.48. The number of methoxy groups -OCH3 is 1. The van der Waals surface area contributed by atoms with E-state index in [1.165, 1.54) is 19.3 Å². The van der Waals surface area contributed by atoms with E-state index in [1.54, 1.807) is 54.6 Å². The number of benzene rings is 3. The van der Waals surface area contributed by atoms with Crippen molar-refractivity contribution in [2.75, 3.05) is 19.0 Å². The lowest BCUT2D eigenvalue weighted by Gasteiger charge is -2.12. The van der Waals surface area contributed by atoms with E-state index in [4.69, 9.17) is 32.7 Å². The number of nitrogens with one attached hydrogen (secondary N) is 1. The van der Waals surface area contributed by atoms with Crippen LogP contribution in [0.3, 0.4) is 0 Å². The summed E-state index contributed by atoms with van der Waals surface area (Å²) in [5.41, 5.74) is 1.88. The molecule has 4 rings (SSSR count). The minimum atomic E-state index is -0.424. The summed E-state index contributed by atoms with van der Waals surface area (Å²) in [7, 11) is 1.45. The summed E-state index contributed by atoms with van der Waals surface area (Å²) in [6.45, 7) is -0.290. The topological polar surface area (TPSA) is 81.7 Å². The van der Waals surface area contributed by atoms with Crippen molar-refractivity contribution >= 4 is 52.4 Å². The second-order valence-electron chi connectivity index (χ2n) is 7.13. The van der Waals surface area contributed by atoms with Crippen LogP contribution >= 0.6 is 23.2 Å².